The number of benzene rings is 3. The molecule has 0 saturated heterocycles. The fourth-order valence-electron chi connectivity index (χ4n) is 2.97. The molecule has 0 radical (unpaired) electrons. The first-order valence-electron chi connectivity index (χ1n) is 7.74. The van der Waals surface area contributed by atoms with Gasteiger partial charge >= 0.3 is 0 Å². The molecular formula is C20H22ClNO2. The van der Waals surface area contributed by atoms with Crippen molar-refractivity contribution < 1.29 is 9.84 Å². The van der Waals surface area contributed by atoms with Gasteiger partial charge in [-0.3, -0.25) is 0 Å². The van der Waals surface area contributed by atoms with Crippen molar-refractivity contribution in [2.24, 2.45) is 5.73 Å². The molecule has 0 bridgehead atoms. The standard InChI is InChI=1S/C20H21NO2.ClH/c1-23-18-12-11-15-9-5-6-10-16(15)19(18)20(21)17(22)13-14-7-3-2-4-8-14;/h2-12,17,20,22H,13,21H2,1H3;1H/t17-,20-;/m0./s1. The second kappa shape index (κ2) is 8.15. The number of hydrogen-bond acceptors (Lipinski definition) is 3. The predicted molar refractivity (Wildman–Crippen MR) is 101 cm³/mol. The molecule has 0 aromatic heterocycles. The van der Waals surface area contributed by atoms with E-state index in [4.69, 9.17) is 10.5 Å². The zero-order valence-electron chi connectivity index (χ0n) is 13.6. The second-order valence-electron chi connectivity index (χ2n) is 5.69. The largest absolute Gasteiger partial charge is 0.496 e. The maximum atomic E-state index is 10.6. The van der Waals surface area contributed by atoms with Crippen molar-refractivity contribution in [3.63, 3.8) is 0 Å². The van der Waals surface area contributed by atoms with Gasteiger partial charge < -0.3 is 15.6 Å². The SMILES string of the molecule is COc1ccc2ccccc2c1[C@@H](N)[C@@H](O)Cc1ccccc1.Cl. The Kier molecular flexibility index (Phi) is 6.21. The van der Waals surface area contributed by atoms with Crippen molar-refractivity contribution in [2.75, 3.05) is 7.11 Å². The first kappa shape index (κ1) is 18.3. The van der Waals surface area contributed by atoms with Gasteiger partial charge in [0.05, 0.1) is 19.3 Å². The lowest BCUT2D eigenvalue weighted by atomic mass is 9.92. The van der Waals surface area contributed by atoms with Crippen LogP contribution in [0, 0.1) is 0 Å². The van der Waals surface area contributed by atoms with Crippen molar-refractivity contribution >= 4 is 23.2 Å². The van der Waals surface area contributed by atoms with Crippen LogP contribution in [-0.2, 0) is 6.42 Å². The zero-order valence-corrected chi connectivity index (χ0v) is 14.4. The summed E-state index contributed by atoms with van der Waals surface area (Å²) in [4.78, 5) is 0. The van der Waals surface area contributed by atoms with Crippen LogP contribution in [0.5, 0.6) is 5.75 Å². The molecule has 0 aliphatic carbocycles. The van der Waals surface area contributed by atoms with E-state index in [2.05, 4.69) is 0 Å². The third-order valence-electron chi connectivity index (χ3n) is 4.19. The van der Waals surface area contributed by atoms with Crippen LogP contribution in [0.2, 0.25) is 0 Å². The minimum atomic E-state index is -0.683. The molecule has 126 valence electrons. The van der Waals surface area contributed by atoms with E-state index in [1.165, 1.54) is 0 Å². The molecule has 4 heteroatoms. The number of methoxy groups -OCH3 is 1. The molecular weight excluding hydrogens is 322 g/mol. The molecule has 0 aliphatic heterocycles. The minimum absolute atomic E-state index is 0. The van der Waals surface area contributed by atoms with Gasteiger partial charge in [-0.05, 0) is 22.4 Å². The summed E-state index contributed by atoms with van der Waals surface area (Å²) in [5, 5.41) is 12.7. The molecule has 2 atom stereocenters. The van der Waals surface area contributed by atoms with Crippen molar-refractivity contribution in [1.29, 1.82) is 0 Å². The maximum Gasteiger partial charge on any atom is 0.124 e. The molecule has 24 heavy (non-hydrogen) atoms. The number of halogens is 1. The highest BCUT2D eigenvalue weighted by atomic mass is 35.5. The van der Waals surface area contributed by atoms with Gasteiger partial charge in [-0.15, -0.1) is 12.4 Å². The van der Waals surface area contributed by atoms with Gasteiger partial charge in [-0.25, -0.2) is 0 Å². The van der Waals surface area contributed by atoms with Gasteiger partial charge in [0.25, 0.3) is 0 Å². The number of hydrogen-bond donors (Lipinski definition) is 2. The molecule has 0 spiro atoms. The number of fused-ring (bicyclic) bond motifs is 1. The number of rotatable bonds is 5. The summed E-state index contributed by atoms with van der Waals surface area (Å²) in [7, 11) is 1.63. The summed E-state index contributed by atoms with van der Waals surface area (Å²) >= 11 is 0. The van der Waals surface area contributed by atoms with Crippen LogP contribution in [0.4, 0.5) is 0 Å². The molecule has 3 nitrogen and oxygen atoms in total. The van der Waals surface area contributed by atoms with Gasteiger partial charge in [0.2, 0.25) is 0 Å². The number of ether oxygens (including phenoxy) is 1. The Morgan fingerprint density at radius 1 is 0.958 bits per heavy atom. The molecule has 3 rings (SSSR count). The van der Waals surface area contributed by atoms with E-state index in [9.17, 15) is 5.11 Å². The number of aliphatic hydroxyl groups excluding tert-OH is 1. The first-order chi connectivity index (χ1) is 11.2. The Labute approximate surface area is 148 Å². The normalized spacial score (nSPS) is 13.1. The Morgan fingerprint density at radius 2 is 1.62 bits per heavy atom. The highest BCUT2D eigenvalue weighted by Crippen LogP contribution is 2.34. The lowest BCUT2D eigenvalue weighted by Crippen LogP contribution is -2.28. The lowest BCUT2D eigenvalue weighted by Gasteiger charge is -2.23. The third-order valence-corrected chi connectivity index (χ3v) is 4.19. The fraction of sp³-hybridized carbons (Fsp3) is 0.200. The summed E-state index contributed by atoms with van der Waals surface area (Å²) in [6.07, 6.45) is -0.175. The van der Waals surface area contributed by atoms with E-state index in [0.717, 1.165) is 21.9 Å². The first-order valence-corrected chi connectivity index (χ1v) is 7.74. The highest BCUT2D eigenvalue weighted by Gasteiger charge is 2.23. The predicted octanol–water partition coefficient (Wildman–Crippen LogP) is 3.87. The van der Waals surface area contributed by atoms with Gasteiger partial charge in [0, 0.05) is 12.0 Å². The highest BCUT2D eigenvalue weighted by molar-refractivity contribution is 5.88. The molecule has 0 amide bonds. The van der Waals surface area contributed by atoms with Crippen LogP contribution >= 0.6 is 12.4 Å². The van der Waals surface area contributed by atoms with Crippen molar-refractivity contribution in [3.05, 3.63) is 77.9 Å². The van der Waals surface area contributed by atoms with Gasteiger partial charge in [-0.2, -0.15) is 0 Å². The molecule has 3 N–H and O–H groups in total. The summed E-state index contributed by atoms with van der Waals surface area (Å²) in [6.45, 7) is 0. The Morgan fingerprint density at radius 3 is 2.33 bits per heavy atom. The second-order valence-corrected chi connectivity index (χ2v) is 5.69. The smallest absolute Gasteiger partial charge is 0.124 e. The third kappa shape index (κ3) is 3.70. The van der Waals surface area contributed by atoms with Crippen molar-refractivity contribution in [3.8, 4) is 5.75 Å². The van der Waals surface area contributed by atoms with E-state index in [0.29, 0.717) is 12.2 Å². The lowest BCUT2D eigenvalue weighted by molar-refractivity contribution is 0.144. The van der Waals surface area contributed by atoms with Gasteiger partial charge in [-0.1, -0.05) is 60.7 Å². The topological polar surface area (TPSA) is 55.5 Å². The van der Waals surface area contributed by atoms with Crippen LogP contribution in [0.3, 0.4) is 0 Å². The molecule has 0 heterocycles. The van der Waals surface area contributed by atoms with E-state index in [-0.39, 0.29) is 12.4 Å². The van der Waals surface area contributed by atoms with Crippen LogP contribution in [-0.4, -0.2) is 18.3 Å². The average molecular weight is 344 g/mol. The summed E-state index contributed by atoms with van der Waals surface area (Å²) in [6, 6.07) is 21.3. The summed E-state index contributed by atoms with van der Waals surface area (Å²) in [5.74, 6) is 0.711. The van der Waals surface area contributed by atoms with E-state index >= 15 is 0 Å². The van der Waals surface area contributed by atoms with Crippen molar-refractivity contribution in [2.45, 2.75) is 18.6 Å². The summed E-state index contributed by atoms with van der Waals surface area (Å²) < 4.78 is 5.48. The van der Waals surface area contributed by atoms with E-state index < -0.39 is 12.1 Å². The molecule has 3 aromatic carbocycles. The molecule has 0 aliphatic rings. The van der Waals surface area contributed by atoms with Gasteiger partial charge in [0.15, 0.2) is 0 Å². The fourth-order valence-corrected chi connectivity index (χ4v) is 2.97. The molecule has 0 fully saturated rings. The quantitative estimate of drug-likeness (QED) is 0.739. The maximum absolute atomic E-state index is 10.6. The van der Waals surface area contributed by atoms with Crippen LogP contribution < -0.4 is 10.5 Å². The van der Waals surface area contributed by atoms with Crippen LogP contribution in [0.15, 0.2) is 66.7 Å². The van der Waals surface area contributed by atoms with Gasteiger partial charge in [0.1, 0.15) is 5.75 Å². The number of aliphatic hydroxyl groups is 1. The monoisotopic (exact) mass is 343 g/mol. The van der Waals surface area contributed by atoms with E-state index in [1.807, 2.05) is 66.7 Å². The Bertz CT molecular complexity index is 792. The average Bonchev–Trinajstić information content (AvgIpc) is 2.61. The van der Waals surface area contributed by atoms with Crippen LogP contribution in [0.25, 0.3) is 10.8 Å². The van der Waals surface area contributed by atoms with Crippen LogP contribution in [0.1, 0.15) is 17.2 Å². The van der Waals surface area contributed by atoms with Crippen molar-refractivity contribution in [1.82, 2.24) is 0 Å². The Hall–Kier alpha value is -2.07. The van der Waals surface area contributed by atoms with E-state index in [1.54, 1.807) is 7.11 Å². The molecule has 0 unspecified atom stereocenters. The molecule has 3 aromatic rings. The summed E-state index contributed by atoms with van der Waals surface area (Å²) in [5.41, 5.74) is 8.32. The zero-order chi connectivity index (χ0) is 16.2. The Balaban J connectivity index is 0.00000208. The minimum Gasteiger partial charge on any atom is -0.496 e. The number of nitrogens with two attached hydrogens (primary N) is 1. The molecule has 0 saturated carbocycles.